The van der Waals surface area contributed by atoms with Crippen molar-refractivity contribution in [1.82, 2.24) is 0 Å². The van der Waals surface area contributed by atoms with Crippen molar-refractivity contribution in [3.8, 4) is 5.75 Å². The third-order valence-electron chi connectivity index (χ3n) is 5.39. The van der Waals surface area contributed by atoms with Crippen LogP contribution in [0.15, 0.2) is 48.6 Å². The monoisotopic (exact) mass is 458 g/mol. The number of carboxylic acid groups (broad SMARTS) is 1. The molecule has 32 heavy (non-hydrogen) atoms. The Labute approximate surface area is 184 Å². The Kier molecular flexibility index (Phi) is 9.74. The standard InChI is InChI=1S/C23H29F3O6/c24-23(25,26)15-6-5-7-17(12-15)32-14-16(27)10-11-19-18(20(28)13-21(19)29)8-3-1-2-4-9-22(30)31/h1,3,5-7,10-12,16,18-21,27-29H,2,4,8-9,13-14H2,(H,30,31)/b3-1+,11-10+/t16-,18?,19-,20?,21?/m1/s1. The van der Waals surface area contributed by atoms with Crippen LogP contribution in [0.3, 0.4) is 0 Å². The quantitative estimate of drug-likeness (QED) is 0.298. The van der Waals surface area contributed by atoms with E-state index in [1.165, 1.54) is 18.2 Å². The number of carboxylic acids is 1. The summed E-state index contributed by atoms with van der Waals surface area (Å²) in [6.45, 7) is -0.267. The molecule has 0 radical (unpaired) electrons. The second kappa shape index (κ2) is 12.0. The van der Waals surface area contributed by atoms with Gasteiger partial charge < -0.3 is 25.2 Å². The third kappa shape index (κ3) is 8.29. The highest BCUT2D eigenvalue weighted by atomic mass is 19.4. The van der Waals surface area contributed by atoms with Crippen molar-refractivity contribution < 1.29 is 43.1 Å². The number of aliphatic carboxylic acids is 1. The summed E-state index contributed by atoms with van der Waals surface area (Å²) >= 11 is 0. The van der Waals surface area contributed by atoms with Crippen LogP contribution in [0.1, 0.15) is 37.7 Å². The molecular weight excluding hydrogens is 429 g/mol. The van der Waals surface area contributed by atoms with E-state index in [1.807, 2.05) is 12.2 Å². The number of alkyl halides is 3. The zero-order valence-electron chi connectivity index (χ0n) is 17.5. The third-order valence-corrected chi connectivity index (χ3v) is 5.39. The molecule has 1 aliphatic rings. The molecule has 5 atom stereocenters. The van der Waals surface area contributed by atoms with Crippen LogP contribution >= 0.6 is 0 Å². The van der Waals surface area contributed by atoms with Crippen LogP contribution in [0.5, 0.6) is 5.75 Å². The lowest BCUT2D eigenvalue weighted by Gasteiger charge is -2.19. The fraction of sp³-hybridized carbons (Fsp3) is 0.522. The van der Waals surface area contributed by atoms with Gasteiger partial charge in [0.15, 0.2) is 0 Å². The van der Waals surface area contributed by atoms with E-state index in [0.29, 0.717) is 19.3 Å². The van der Waals surface area contributed by atoms with Gasteiger partial charge in [-0.05, 0) is 43.4 Å². The second-order valence-electron chi connectivity index (χ2n) is 7.89. The zero-order valence-corrected chi connectivity index (χ0v) is 17.5. The van der Waals surface area contributed by atoms with Crippen LogP contribution in [-0.4, -0.2) is 51.3 Å². The molecular formula is C23H29F3O6. The van der Waals surface area contributed by atoms with E-state index in [0.717, 1.165) is 12.1 Å². The van der Waals surface area contributed by atoms with Crippen molar-refractivity contribution in [1.29, 1.82) is 0 Å². The first kappa shape index (κ1) is 25.9. The Balaban J connectivity index is 1.87. The van der Waals surface area contributed by atoms with Crippen LogP contribution in [0.4, 0.5) is 13.2 Å². The van der Waals surface area contributed by atoms with Crippen LogP contribution in [0, 0.1) is 11.8 Å². The Morgan fingerprint density at radius 1 is 1.22 bits per heavy atom. The highest BCUT2D eigenvalue weighted by Crippen LogP contribution is 2.36. The Morgan fingerprint density at radius 3 is 2.66 bits per heavy atom. The first-order valence-electron chi connectivity index (χ1n) is 10.5. The van der Waals surface area contributed by atoms with Gasteiger partial charge in [0.05, 0.1) is 17.8 Å². The molecule has 0 aliphatic heterocycles. The van der Waals surface area contributed by atoms with E-state index in [1.54, 1.807) is 6.08 Å². The van der Waals surface area contributed by atoms with Crippen molar-refractivity contribution >= 4 is 5.97 Å². The molecule has 0 spiro atoms. The fourth-order valence-corrected chi connectivity index (χ4v) is 3.70. The molecule has 1 aliphatic carbocycles. The number of benzene rings is 1. The van der Waals surface area contributed by atoms with Gasteiger partial charge in [-0.3, -0.25) is 4.79 Å². The molecule has 9 heteroatoms. The summed E-state index contributed by atoms with van der Waals surface area (Å²) in [5.41, 5.74) is -0.845. The number of rotatable bonds is 11. The maximum atomic E-state index is 12.8. The molecule has 0 saturated heterocycles. The van der Waals surface area contributed by atoms with Crippen molar-refractivity contribution in [3.63, 3.8) is 0 Å². The summed E-state index contributed by atoms with van der Waals surface area (Å²) in [6, 6.07) is 4.36. The van der Waals surface area contributed by atoms with Gasteiger partial charge in [0, 0.05) is 18.8 Å². The summed E-state index contributed by atoms with van der Waals surface area (Å²) in [4.78, 5) is 10.5. The molecule has 3 unspecified atom stereocenters. The van der Waals surface area contributed by atoms with Gasteiger partial charge in [0.1, 0.15) is 18.5 Å². The normalized spacial score (nSPS) is 24.9. The Morgan fingerprint density at radius 2 is 1.97 bits per heavy atom. The van der Waals surface area contributed by atoms with E-state index < -0.39 is 41.9 Å². The zero-order chi connectivity index (χ0) is 23.7. The number of hydrogen-bond acceptors (Lipinski definition) is 5. The molecule has 1 aromatic carbocycles. The van der Waals surface area contributed by atoms with Crippen LogP contribution in [-0.2, 0) is 11.0 Å². The minimum absolute atomic E-state index is 0.0190. The van der Waals surface area contributed by atoms with Crippen molar-refractivity contribution in [2.45, 2.75) is 56.6 Å². The minimum Gasteiger partial charge on any atom is -0.491 e. The number of aliphatic hydroxyl groups is 3. The van der Waals surface area contributed by atoms with Gasteiger partial charge in [0.2, 0.25) is 0 Å². The van der Waals surface area contributed by atoms with Gasteiger partial charge in [-0.2, -0.15) is 13.2 Å². The number of hydrogen-bond donors (Lipinski definition) is 4. The van der Waals surface area contributed by atoms with Gasteiger partial charge in [0.25, 0.3) is 0 Å². The first-order valence-corrected chi connectivity index (χ1v) is 10.5. The molecule has 1 fully saturated rings. The minimum atomic E-state index is -4.49. The lowest BCUT2D eigenvalue weighted by molar-refractivity contribution is -0.138. The van der Waals surface area contributed by atoms with E-state index in [4.69, 9.17) is 9.84 Å². The van der Waals surface area contributed by atoms with E-state index in [-0.39, 0.29) is 31.1 Å². The molecule has 0 aromatic heterocycles. The molecule has 0 bridgehead atoms. The van der Waals surface area contributed by atoms with Crippen molar-refractivity contribution in [3.05, 3.63) is 54.1 Å². The van der Waals surface area contributed by atoms with E-state index in [9.17, 15) is 33.3 Å². The summed E-state index contributed by atoms with van der Waals surface area (Å²) in [5, 5.41) is 39.2. The molecule has 4 N–H and O–H groups in total. The van der Waals surface area contributed by atoms with Crippen LogP contribution < -0.4 is 4.74 Å². The molecule has 2 rings (SSSR count). The van der Waals surface area contributed by atoms with Crippen LogP contribution in [0.25, 0.3) is 0 Å². The number of ether oxygens (including phenoxy) is 1. The maximum Gasteiger partial charge on any atom is 0.416 e. The van der Waals surface area contributed by atoms with E-state index in [2.05, 4.69) is 0 Å². The van der Waals surface area contributed by atoms with Gasteiger partial charge in [-0.1, -0.05) is 30.4 Å². The topological polar surface area (TPSA) is 107 Å². The molecule has 1 aromatic rings. The molecule has 6 nitrogen and oxygen atoms in total. The predicted octanol–water partition coefficient (Wildman–Crippen LogP) is 3.56. The Hall–Kier alpha value is -2.36. The van der Waals surface area contributed by atoms with Crippen molar-refractivity contribution in [2.75, 3.05) is 6.61 Å². The number of carbonyl (C=O) groups is 1. The number of unbranched alkanes of at least 4 members (excludes halogenated alkanes) is 1. The summed E-state index contributed by atoms with van der Waals surface area (Å²) in [5.74, 6) is -1.55. The average molecular weight is 458 g/mol. The maximum absolute atomic E-state index is 12.8. The smallest absolute Gasteiger partial charge is 0.416 e. The van der Waals surface area contributed by atoms with E-state index >= 15 is 0 Å². The van der Waals surface area contributed by atoms with Gasteiger partial charge in [-0.15, -0.1) is 0 Å². The summed E-state index contributed by atoms with van der Waals surface area (Å²) in [7, 11) is 0. The predicted molar refractivity (Wildman–Crippen MR) is 111 cm³/mol. The molecule has 178 valence electrons. The fourth-order valence-electron chi connectivity index (χ4n) is 3.70. The lowest BCUT2D eigenvalue weighted by atomic mass is 9.89. The molecule has 0 amide bonds. The second-order valence-corrected chi connectivity index (χ2v) is 7.89. The largest absolute Gasteiger partial charge is 0.491 e. The van der Waals surface area contributed by atoms with Gasteiger partial charge >= 0.3 is 12.1 Å². The number of halogens is 3. The number of allylic oxidation sites excluding steroid dienone is 2. The average Bonchev–Trinajstić information content (AvgIpc) is 2.99. The highest BCUT2D eigenvalue weighted by molar-refractivity contribution is 5.66. The summed E-state index contributed by atoms with van der Waals surface area (Å²) < 4.78 is 43.5. The number of aliphatic hydroxyl groups excluding tert-OH is 3. The first-order chi connectivity index (χ1) is 15.1. The Bertz CT molecular complexity index is 792. The van der Waals surface area contributed by atoms with Gasteiger partial charge in [-0.25, -0.2) is 0 Å². The lowest BCUT2D eigenvalue weighted by Crippen LogP contribution is -2.21. The molecule has 1 saturated carbocycles. The van der Waals surface area contributed by atoms with Crippen molar-refractivity contribution in [2.24, 2.45) is 11.8 Å². The molecule has 0 heterocycles. The van der Waals surface area contributed by atoms with Crippen LogP contribution in [0.2, 0.25) is 0 Å². The SMILES string of the molecule is O=C(O)CCC/C=C/CC1C(O)CC(O)[C@@H]1/C=C/[C@@H](O)COc1cccc(C(F)(F)F)c1. The highest BCUT2D eigenvalue weighted by Gasteiger charge is 2.39. The summed E-state index contributed by atoms with van der Waals surface area (Å²) in [6.07, 6.45) is 1.48.